The summed E-state index contributed by atoms with van der Waals surface area (Å²) in [5, 5.41) is 12.8. The third-order valence-electron chi connectivity index (χ3n) is 4.95. The number of benzene rings is 1. The highest BCUT2D eigenvalue weighted by Gasteiger charge is 2.27. The minimum Gasteiger partial charge on any atom is -0.357 e. The molecule has 7 nitrogen and oxygen atoms in total. The molecule has 7 heteroatoms. The number of H-pyrrole nitrogens is 1. The second-order valence-corrected chi connectivity index (χ2v) is 6.74. The third-order valence-corrected chi connectivity index (χ3v) is 4.95. The summed E-state index contributed by atoms with van der Waals surface area (Å²) in [6.45, 7) is 3.29. The van der Waals surface area contributed by atoms with E-state index in [0.717, 1.165) is 36.0 Å². The largest absolute Gasteiger partial charge is 0.357 e. The number of aromatic nitrogens is 1. The summed E-state index contributed by atoms with van der Waals surface area (Å²) in [5.74, 6) is 0.0540. The second-order valence-electron chi connectivity index (χ2n) is 6.74. The van der Waals surface area contributed by atoms with Crippen LogP contribution in [0.1, 0.15) is 31.0 Å². The fourth-order valence-corrected chi connectivity index (χ4v) is 3.38. The molecule has 2 N–H and O–H groups in total. The van der Waals surface area contributed by atoms with Gasteiger partial charge in [-0.25, -0.2) is 4.79 Å². The van der Waals surface area contributed by atoms with Crippen LogP contribution in [-0.2, 0) is 11.3 Å². The van der Waals surface area contributed by atoms with Crippen molar-refractivity contribution < 1.29 is 9.59 Å². The molecule has 3 amide bonds. The lowest BCUT2D eigenvalue weighted by Crippen LogP contribution is -2.52. The first-order chi connectivity index (χ1) is 12.5. The van der Waals surface area contributed by atoms with E-state index in [0.29, 0.717) is 18.7 Å². The number of aromatic amines is 1. The number of urea groups is 1. The summed E-state index contributed by atoms with van der Waals surface area (Å²) in [6.07, 6.45) is 1.81. The molecular weight excluding hydrogens is 330 g/mol. The molecule has 26 heavy (non-hydrogen) atoms. The topological polar surface area (TPSA) is 92.2 Å². The Morgan fingerprint density at radius 3 is 2.96 bits per heavy atom. The summed E-state index contributed by atoms with van der Waals surface area (Å²) in [4.78, 5) is 30.8. The van der Waals surface area contributed by atoms with E-state index >= 15 is 0 Å². The lowest BCUT2D eigenvalue weighted by atomic mass is 10.0. The van der Waals surface area contributed by atoms with Gasteiger partial charge in [-0.3, -0.25) is 4.79 Å². The average molecular weight is 353 g/mol. The van der Waals surface area contributed by atoms with Gasteiger partial charge >= 0.3 is 6.03 Å². The predicted octanol–water partition coefficient (Wildman–Crippen LogP) is 2.19. The monoisotopic (exact) mass is 353 g/mol. The summed E-state index contributed by atoms with van der Waals surface area (Å²) < 4.78 is 0. The van der Waals surface area contributed by atoms with Crippen LogP contribution in [0.4, 0.5) is 4.79 Å². The molecule has 0 spiro atoms. The molecule has 1 aromatic heterocycles. The number of likely N-dealkylation sites (N-methyl/N-ethyl adjacent to an activating group) is 1. The molecule has 1 aromatic carbocycles. The highest BCUT2D eigenvalue weighted by molar-refractivity contribution is 5.82. The predicted molar refractivity (Wildman–Crippen MR) is 98.3 cm³/mol. The van der Waals surface area contributed by atoms with Gasteiger partial charge in [0.05, 0.1) is 24.2 Å². The zero-order valence-electron chi connectivity index (χ0n) is 15.1. The Labute approximate surface area is 152 Å². The van der Waals surface area contributed by atoms with E-state index in [9.17, 15) is 9.59 Å². The molecule has 0 bridgehead atoms. The fourth-order valence-electron chi connectivity index (χ4n) is 3.38. The molecule has 1 saturated heterocycles. The Hall–Kier alpha value is -3.01. The van der Waals surface area contributed by atoms with Gasteiger partial charge in [0.15, 0.2) is 0 Å². The van der Waals surface area contributed by atoms with Gasteiger partial charge in [0, 0.05) is 43.7 Å². The first kappa shape index (κ1) is 17.8. The molecule has 136 valence electrons. The van der Waals surface area contributed by atoms with Crippen molar-refractivity contribution >= 4 is 22.8 Å². The third kappa shape index (κ3) is 3.80. The van der Waals surface area contributed by atoms with E-state index in [1.54, 1.807) is 29.8 Å². The SMILES string of the molecule is CC(=O)N1CCC[C@@H](N(C)C(=O)NCc2cc3cc(C#N)ccc3[nH]2)C1. The number of nitriles is 1. The van der Waals surface area contributed by atoms with E-state index in [2.05, 4.69) is 16.4 Å². The van der Waals surface area contributed by atoms with Crippen LogP contribution >= 0.6 is 0 Å². The van der Waals surface area contributed by atoms with E-state index in [4.69, 9.17) is 5.26 Å². The van der Waals surface area contributed by atoms with Crippen molar-refractivity contribution in [2.75, 3.05) is 20.1 Å². The standard InChI is InChI=1S/C19H23N5O2/c1-13(25)24-7-3-4-17(12-24)23(2)19(26)21-11-16-9-15-8-14(10-20)5-6-18(15)22-16/h5-6,8-9,17,22H,3-4,7,11-12H2,1-2H3,(H,21,26)/t17-/m1/s1. The highest BCUT2D eigenvalue weighted by atomic mass is 16.2. The Morgan fingerprint density at radius 1 is 1.42 bits per heavy atom. The molecule has 2 heterocycles. The molecule has 1 fully saturated rings. The zero-order chi connectivity index (χ0) is 18.7. The van der Waals surface area contributed by atoms with E-state index in [-0.39, 0.29) is 18.0 Å². The van der Waals surface area contributed by atoms with Crippen molar-refractivity contribution in [1.82, 2.24) is 20.1 Å². The van der Waals surface area contributed by atoms with Gasteiger partial charge < -0.3 is 20.1 Å². The fraction of sp³-hybridized carbons (Fsp3) is 0.421. The number of nitrogens with one attached hydrogen (secondary N) is 2. The molecule has 0 aliphatic carbocycles. The Balaban J connectivity index is 1.59. The summed E-state index contributed by atoms with van der Waals surface area (Å²) in [6, 6.07) is 9.39. The molecule has 0 radical (unpaired) electrons. The van der Waals surface area contributed by atoms with Crippen LogP contribution < -0.4 is 5.32 Å². The van der Waals surface area contributed by atoms with Gasteiger partial charge in [0.2, 0.25) is 5.91 Å². The maximum atomic E-state index is 12.5. The first-order valence-electron chi connectivity index (χ1n) is 8.76. The van der Waals surface area contributed by atoms with E-state index < -0.39 is 0 Å². The summed E-state index contributed by atoms with van der Waals surface area (Å²) in [5.41, 5.74) is 2.43. The molecule has 3 rings (SSSR count). The van der Waals surface area contributed by atoms with Crippen LogP contribution in [0.15, 0.2) is 24.3 Å². The second kappa shape index (κ2) is 7.48. The van der Waals surface area contributed by atoms with E-state index in [1.807, 2.05) is 18.2 Å². The Morgan fingerprint density at radius 2 is 2.23 bits per heavy atom. The minimum atomic E-state index is -0.156. The zero-order valence-corrected chi connectivity index (χ0v) is 15.1. The average Bonchev–Trinajstić information content (AvgIpc) is 3.07. The van der Waals surface area contributed by atoms with Gasteiger partial charge in [-0.15, -0.1) is 0 Å². The molecule has 1 aliphatic rings. The van der Waals surface area contributed by atoms with Crippen LogP contribution in [-0.4, -0.2) is 52.9 Å². The maximum absolute atomic E-state index is 12.5. The number of amides is 3. The van der Waals surface area contributed by atoms with Gasteiger partial charge in [-0.05, 0) is 37.1 Å². The van der Waals surface area contributed by atoms with Crippen molar-refractivity contribution in [3.05, 3.63) is 35.5 Å². The maximum Gasteiger partial charge on any atom is 0.317 e. The van der Waals surface area contributed by atoms with Crippen LogP contribution in [0, 0.1) is 11.3 Å². The number of hydrogen-bond acceptors (Lipinski definition) is 3. The molecule has 2 aromatic rings. The van der Waals surface area contributed by atoms with Crippen molar-refractivity contribution in [1.29, 1.82) is 5.26 Å². The van der Waals surface area contributed by atoms with Gasteiger partial charge in [-0.2, -0.15) is 5.26 Å². The molecule has 1 aliphatic heterocycles. The number of nitrogens with zero attached hydrogens (tertiary/aromatic N) is 3. The van der Waals surface area contributed by atoms with Gasteiger partial charge in [0.25, 0.3) is 0 Å². The van der Waals surface area contributed by atoms with Crippen LogP contribution in [0.5, 0.6) is 0 Å². The molecular formula is C19H23N5O2. The summed E-state index contributed by atoms with van der Waals surface area (Å²) >= 11 is 0. The highest BCUT2D eigenvalue weighted by Crippen LogP contribution is 2.18. The number of carbonyl (C=O) groups is 2. The number of likely N-dealkylation sites (tertiary alicyclic amines) is 1. The van der Waals surface area contributed by atoms with Crippen LogP contribution in [0.3, 0.4) is 0 Å². The van der Waals surface area contributed by atoms with Crippen molar-refractivity contribution in [2.24, 2.45) is 0 Å². The quantitative estimate of drug-likeness (QED) is 0.886. The van der Waals surface area contributed by atoms with E-state index in [1.165, 1.54) is 0 Å². The molecule has 0 unspecified atom stereocenters. The Kier molecular flexibility index (Phi) is 5.12. The summed E-state index contributed by atoms with van der Waals surface area (Å²) in [7, 11) is 1.77. The Bertz CT molecular complexity index is 866. The van der Waals surface area contributed by atoms with Crippen molar-refractivity contribution in [3.63, 3.8) is 0 Å². The lowest BCUT2D eigenvalue weighted by molar-refractivity contribution is -0.130. The molecule has 0 saturated carbocycles. The minimum absolute atomic E-state index is 0.0357. The van der Waals surface area contributed by atoms with Crippen molar-refractivity contribution in [3.8, 4) is 6.07 Å². The number of carbonyl (C=O) groups excluding carboxylic acids is 2. The lowest BCUT2D eigenvalue weighted by Gasteiger charge is -2.37. The number of hydrogen-bond donors (Lipinski definition) is 2. The van der Waals surface area contributed by atoms with Crippen LogP contribution in [0.25, 0.3) is 10.9 Å². The normalized spacial score (nSPS) is 17.0. The van der Waals surface area contributed by atoms with Gasteiger partial charge in [0.1, 0.15) is 0 Å². The number of fused-ring (bicyclic) bond motifs is 1. The van der Waals surface area contributed by atoms with Gasteiger partial charge in [-0.1, -0.05) is 0 Å². The first-order valence-corrected chi connectivity index (χ1v) is 8.76. The van der Waals surface area contributed by atoms with Crippen LogP contribution in [0.2, 0.25) is 0 Å². The number of piperidine rings is 1. The number of rotatable bonds is 3. The molecule has 1 atom stereocenters. The van der Waals surface area contributed by atoms with Crippen molar-refractivity contribution in [2.45, 2.75) is 32.4 Å². The smallest absolute Gasteiger partial charge is 0.317 e.